The largest absolute Gasteiger partial charge is 0.392 e. The van der Waals surface area contributed by atoms with Crippen molar-refractivity contribution in [3.8, 4) is 0 Å². The zero-order chi connectivity index (χ0) is 11.3. The van der Waals surface area contributed by atoms with Crippen molar-refractivity contribution in [1.29, 1.82) is 0 Å². The predicted octanol–water partition coefficient (Wildman–Crippen LogP) is 2.87. The highest BCUT2D eigenvalue weighted by atomic mass is 79.9. The van der Waals surface area contributed by atoms with Gasteiger partial charge in [-0.3, -0.25) is 0 Å². The van der Waals surface area contributed by atoms with Crippen molar-refractivity contribution in [3.63, 3.8) is 0 Å². The zero-order valence-electron chi connectivity index (χ0n) is 9.20. The van der Waals surface area contributed by atoms with Crippen LogP contribution in [-0.2, 0) is 0 Å². The van der Waals surface area contributed by atoms with Crippen LogP contribution in [-0.4, -0.2) is 17.8 Å². The number of hydrogen-bond acceptors (Lipinski definition) is 2. The topological polar surface area (TPSA) is 32.3 Å². The van der Waals surface area contributed by atoms with Gasteiger partial charge in [-0.15, -0.1) is 0 Å². The predicted molar refractivity (Wildman–Crippen MR) is 66.9 cm³/mol. The highest BCUT2D eigenvalue weighted by Crippen LogP contribution is 2.20. The standard InChI is InChI=1S/C12H18BrNO/c1-3-12(14-8-9(2)15)10-5-4-6-11(13)7-10/h4-7,9,12,14-15H,3,8H2,1-2H3/t9-,12-/m0/s1. The van der Waals surface area contributed by atoms with E-state index in [0.717, 1.165) is 10.9 Å². The smallest absolute Gasteiger partial charge is 0.0636 e. The normalized spacial score (nSPS) is 14.9. The lowest BCUT2D eigenvalue weighted by Gasteiger charge is -2.18. The molecule has 0 saturated heterocycles. The number of nitrogens with one attached hydrogen (secondary N) is 1. The molecule has 0 aliphatic rings. The Hall–Kier alpha value is -0.380. The van der Waals surface area contributed by atoms with Crippen molar-refractivity contribution in [2.45, 2.75) is 32.4 Å². The summed E-state index contributed by atoms with van der Waals surface area (Å²) in [5.41, 5.74) is 1.26. The first-order valence-corrected chi connectivity index (χ1v) is 6.09. The van der Waals surface area contributed by atoms with Crippen LogP contribution in [0.3, 0.4) is 0 Å². The quantitative estimate of drug-likeness (QED) is 0.863. The lowest BCUT2D eigenvalue weighted by atomic mass is 10.0. The van der Waals surface area contributed by atoms with Crippen LogP contribution < -0.4 is 5.32 Å². The Labute approximate surface area is 99.8 Å². The van der Waals surface area contributed by atoms with E-state index in [4.69, 9.17) is 0 Å². The lowest BCUT2D eigenvalue weighted by Crippen LogP contribution is -2.28. The van der Waals surface area contributed by atoms with Crippen molar-refractivity contribution >= 4 is 15.9 Å². The Balaban J connectivity index is 2.65. The molecule has 0 saturated carbocycles. The van der Waals surface area contributed by atoms with Gasteiger partial charge in [-0.1, -0.05) is 35.0 Å². The third-order valence-electron chi connectivity index (χ3n) is 2.32. The summed E-state index contributed by atoms with van der Waals surface area (Å²) < 4.78 is 1.09. The minimum atomic E-state index is -0.300. The average Bonchev–Trinajstić information content (AvgIpc) is 2.18. The van der Waals surface area contributed by atoms with Gasteiger partial charge >= 0.3 is 0 Å². The highest BCUT2D eigenvalue weighted by Gasteiger charge is 2.09. The first-order valence-electron chi connectivity index (χ1n) is 5.30. The molecule has 0 aromatic heterocycles. The number of hydrogen-bond donors (Lipinski definition) is 2. The molecule has 0 aliphatic heterocycles. The third kappa shape index (κ3) is 4.33. The minimum absolute atomic E-state index is 0.300. The fourth-order valence-electron chi connectivity index (χ4n) is 1.53. The second kappa shape index (κ2) is 6.26. The Kier molecular flexibility index (Phi) is 5.29. The summed E-state index contributed by atoms with van der Waals surface area (Å²) in [6.07, 6.45) is 0.717. The van der Waals surface area contributed by atoms with Crippen LogP contribution in [0.25, 0.3) is 0 Å². The average molecular weight is 272 g/mol. The molecule has 1 aromatic rings. The van der Waals surface area contributed by atoms with Gasteiger partial charge in [-0.2, -0.15) is 0 Å². The molecule has 0 unspecified atom stereocenters. The van der Waals surface area contributed by atoms with E-state index < -0.39 is 0 Å². The summed E-state index contributed by atoms with van der Waals surface area (Å²) in [4.78, 5) is 0. The zero-order valence-corrected chi connectivity index (χ0v) is 10.8. The summed E-state index contributed by atoms with van der Waals surface area (Å²) >= 11 is 3.46. The highest BCUT2D eigenvalue weighted by molar-refractivity contribution is 9.10. The van der Waals surface area contributed by atoms with Gasteiger partial charge in [0.2, 0.25) is 0 Å². The molecule has 0 radical (unpaired) electrons. The van der Waals surface area contributed by atoms with E-state index >= 15 is 0 Å². The summed E-state index contributed by atoms with van der Waals surface area (Å²) in [7, 11) is 0. The van der Waals surface area contributed by atoms with Crippen molar-refractivity contribution < 1.29 is 5.11 Å². The summed E-state index contributed by atoms with van der Waals surface area (Å²) in [5, 5.41) is 12.6. The van der Waals surface area contributed by atoms with Gasteiger partial charge < -0.3 is 10.4 Å². The van der Waals surface area contributed by atoms with Gasteiger partial charge in [0.25, 0.3) is 0 Å². The number of halogens is 1. The summed E-state index contributed by atoms with van der Waals surface area (Å²) in [6, 6.07) is 8.59. The number of aliphatic hydroxyl groups excluding tert-OH is 1. The fraction of sp³-hybridized carbons (Fsp3) is 0.500. The molecule has 2 atom stereocenters. The molecule has 1 aromatic carbocycles. The van der Waals surface area contributed by atoms with Crippen molar-refractivity contribution in [2.75, 3.05) is 6.54 Å². The van der Waals surface area contributed by atoms with Crippen molar-refractivity contribution in [1.82, 2.24) is 5.32 Å². The van der Waals surface area contributed by atoms with E-state index in [9.17, 15) is 5.11 Å². The van der Waals surface area contributed by atoms with Gasteiger partial charge in [-0.25, -0.2) is 0 Å². The molecule has 0 amide bonds. The SMILES string of the molecule is CC[C@H](NC[C@H](C)O)c1cccc(Br)c1. The van der Waals surface area contributed by atoms with E-state index in [1.54, 1.807) is 6.92 Å². The van der Waals surface area contributed by atoms with Gasteiger partial charge in [0, 0.05) is 17.1 Å². The molecule has 84 valence electrons. The minimum Gasteiger partial charge on any atom is -0.392 e. The molecule has 0 bridgehead atoms. The Morgan fingerprint density at radius 3 is 2.73 bits per heavy atom. The monoisotopic (exact) mass is 271 g/mol. The van der Waals surface area contributed by atoms with Gasteiger partial charge in [0.1, 0.15) is 0 Å². The van der Waals surface area contributed by atoms with E-state index in [0.29, 0.717) is 12.6 Å². The van der Waals surface area contributed by atoms with E-state index in [-0.39, 0.29) is 6.10 Å². The lowest BCUT2D eigenvalue weighted by molar-refractivity contribution is 0.185. The Morgan fingerprint density at radius 2 is 2.20 bits per heavy atom. The fourth-order valence-corrected chi connectivity index (χ4v) is 1.95. The van der Waals surface area contributed by atoms with E-state index in [2.05, 4.69) is 40.3 Å². The molecular formula is C12H18BrNO. The maximum atomic E-state index is 9.23. The molecule has 3 heteroatoms. The van der Waals surface area contributed by atoms with E-state index in [1.807, 2.05) is 12.1 Å². The molecule has 0 fully saturated rings. The molecule has 2 N–H and O–H groups in total. The van der Waals surface area contributed by atoms with Crippen LogP contribution in [0.1, 0.15) is 31.9 Å². The Bertz CT molecular complexity index is 301. The maximum Gasteiger partial charge on any atom is 0.0636 e. The maximum absolute atomic E-state index is 9.23. The number of rotatable bonds is 5. The van der Waals surface area contributed by atoms with Crippen LogP contribution in [0.5, 0.6) is 0 Å². The second-order valence-electron chi connectivity index (χ2n) is 3.77. The van der Waals surface area contributed by atoms with Crippen molar-refractivity contribution in [3.05, 3.63) is 34.3 Å². The van der Waals surface area contributed by atoms with Crippen LogP contribution in [0.15, 0.2) is 28.7 Å². The van der Waals surface area contributed by atoms with Gasteiger partial charge in [0.15, 0.2) is 0 Å². The van der Waals surface area contributed by atoms with Gasteiger partial charge in [-0.05, 0) is 31.0 Å². The summed E-state index contributed by atoms with van der Waals surface area (Å²) in [6.45, 7) is 4.56. The van der Waals surface area contributed by atoms with Crippen LogP contribution in [0.4, 0.5) is 0 Å². The van der Waals surface area contributed by atoms with Crippen LogP contribution >= 0.6 is 15.9 Å². The molecule has 1 rings (SSSR count). The first-order chi connectivity index (χ1) is 7.13. The molecule has 15 heavy (non-hydrogen) atoms. The molecular weight excluding hydrogens is 254 g/mol. The summed E-state index contributed by atoms with van der Waals surface area (Å²) in [5.74, 6) is 0. The molecule has 0 aliphatic carbocycles. The Morgan fingerprint density at radius 1 is 1.47 bits per heavy atom. The second-order valence-corrected chi connectivity index (χ2v) is 4.69. The number of benzene rings is 1. The van der Waals surface area contributed by atoms with Crippen LogP contribution in [0.2, 0.25) is 0 Å². The molecule has 2 nitrogen and oxygen atoms in total. The molecule has 0 heterocycles. The van der Waals surface area contributed by atoms with E-state index in [1.165, 1.54) is 5.56 Å². The van der Waals surface area contributed by atoms with Crippen molar-refractivity contribution in [2.24, 2.45) is 0 Å². The first kappa shape index (κ1) is 12.7. The van der Waals surface area contributed by atoms with Crippen LogP contribution in [0, 0.1) is 0 Å². The number of aliphatic hydroxyl groups is 1. The third-order valence-corrected chi connectivity index (χ3v) is 2.81. The molecule has 0 spiro atoms. The van der Waals surface area contributed by atoms with Gasteiger partial charge in [0.05, 0.1) is 6.10 Å².